The standard InChI is InChI=1S/C16H12F3N3OS/c1-9-10(2)24-14-13(9)15(23)22(8-20-14)21-7-11-5-3-4-6-12(11)16(17,18)19/h3-8H,1-2H3. The van der Waals surface area contributed by atoms with Gasteiger partial charge in [0, 0.05) is 10.4 Å². The van der Waals surface area contributed by atoms with Gasteiger partial charge in [-0.15, -0.1) is 11.3 Å². The van der Waals surface area contributed by atoms with Gasteiger partial charge in [0.2, 0.25) is 0 Å². The van der Waals surface area contributed by atoms with Gasteiger partial charge in [0.1, 0.15) is 11.2 Å². The lowest BCUT2D eigenvalue weighted by Crippen LogP contribution is -2.17. The first kappa shape index (κ1) is 16.4. The van der Waals surface area contributed by atoms with Gasteiger partial charge in [0.25, 0.3) is 5.56 Å². The van der Waals surface area contributed by atoms with Gasteiger partial charge in [-0.1, -0.05) is 18.2 Å². The third kappa shape index (κ3) is 2.84. The Bertz CT molecular complexity index is 1000. The number of aryl methyl sites for hydroxylation is 2. The van der Waals surface area contributed by atoms with Gasteiger partial charge in [0.15, 0.2) is 0 Å². The number of thiophene rings is 1. The monoisotopic (exact) mass is 351 g/mol. The summed E-state index contributed by atoms with van der Waals surface area (Å²) in [5.74, 6) is 0. The number of aromatic nitrogens is 2. The van der Waals surface area contributed by atoms with Crippen LogP contribution < -0.4 is 5.56 Å². The Labute approximate surface area is 138 Å². The highest BCUT2D eigenvalue weighted by molar-refractivity contribution is 7.18. The molecule has 124 valence electrons. The molecule has 0 N–H and O–H groups in total. The van der Waals surface area contributed by atoms with E-state index in [4.69, 9.17) is 0 Å². The second-order valence-electron chi connectivity index (χ2n) is 5.19. The number of rotatable bonds is 2. The predicted molar refractivity (Wildman–Crippen MR) is 87.8 cm³/mol. The maximum Gasteiger partial charge on any atom is 0.417 e. The first-order valence-corrected chi connectivity index (χ1v) is 7.78. The van der Waals surface area contributed by atoms with Crippen LogP contribution in [0.1, 0.15) is 21.6 Å². The van der Waals surface area contributed by atoms with Crippen molar-refractivity contribution in [2.45, 2.75) is 20.0 Å². The number of fused-ring (bicyclic) bond motifs is 1. The Hall–Kier alpha value is -2.48. The Morgan fingerprint density at radius 1 is 1.25 bits per heavy atom. The number of benzene rings is 1. The first-order chi connectivity index (χ1) is 11.3. The van der Waals surface area contributed by atoms with Crippen molar-refractivity contribution in [2.75, 3.05) is 0 Å². The quantitative estimate of drug-likeness (QED) is 0.656. The van der Waals surface area contributed by atoms with Crippen LogP contribution in [0.2, 0.25) is 0 Å². The highest BCUT2D eigenvalue weighted by Gasteiger charge is 2.32. The van der Waals surface area contributed by atoms with Crippen LogP contribution >= 0.6 is 11.3 Å². The van der Waals surface area contributed by atoms with Crippen molar-refractivity contribution >= 4 is 27.8 Å². The van der Waals surface area contributed by atoms with E-state index < -0.39 is 17.3 Å². The number of nitrogens with zero attached hydrogens (tertiary/aromatic N) is 3. The fourth-order valence-electron chi connectivity index (χ4n) is 2.30. The highest BCUT2D eigenvalue weighted by atomic mass is 32.1. The molecular formula is C16H12F3N3OS. The van der Waals surface area contributed by atoms with Gasteiger partial charge in [-0.25, -0.2) is 4.98 Å². The lowest BCUT2D eigenvalue weighted by atomic mass is 10.1. The third-order valence-corrected chi connectivity index (χ3v) is 4.78. The zero-order valence-corrected chi connectivity index (χ0v) is 13.6. The minimum Gasteiger partial charge on any atom is -0.267 e. The van der Waals surface area contributed by atoms with Crippen LogP contribution in [-0.4, -0.2) is 15.9 Å². The van der Waals surface area contributed by atoms with E-state index in [0.717, 1.165) is 27.4 Å². The molecule has 0 spiro atoms. The molecule has 1 aromatic carbocycles. The Balaban J connectivity index is 2.08. The normalized spacial score (nSPS) is 12.4. The Morgan fingerprint density at radius 3 is 2.67 bits per heavy atom. The van der Waals surface area contributed by atoms with Crippen LogP contribution in [0.4, 0.5) is 13.2 Å². The second-order valence-corrected chi connectivity index (χ2v) is 6.39. The molecule has 0 saturated carbocycles. The predicted octanol–water partition coefficient (Wildman–Crippen LogP) is 3.98. The smallest absolute Gasteiger partial charge is 0.267 e. The Kier molecular flexibility index (Phi) is 4.00. The number of hydrogen-bond acceptors (Lipinski definition) is 4. The van der Waals surface area contributed by atoms with E-state index in [9.17, 15) is 18.0 Å². The maximum atomic E-state index is 13.0. The molecule has 4 nitrogen and oxygen atoms in total. The topological polar surface area (TPSA) is 47.2 Å². The van der Waals surface area contributed by atoms with Crippen molar-refractivity contribution in [3.63, 3.8) is 0 Å². The van der Waals surface area contributed by atoms with Gasteiger partial charge in [-0.2, -0.15) is 22.9 Å². The summed E-state index contributed by atoms with van der Waals surface area (Å²) in [7, 11) is 0. The molecule has 0 saturated heterocycles. The summed E-state index contributed by atoms with van der Waals surface area (Å²) < 4.78 is 39.9. The molecule has 0 unspecified atom stereocenters. The summed E-state index contributed by atoms with van der Waals surface area (Å²) in [6, 6.07) is 5.05. The highest BCUT2D eigenvalue weighted by Crippen LogP contribution is 2.31. The minimum absolute atomic E-state index is 0.116. The summed E-state index contributed by atoms with van der Waals surface area (Å²) in [5, 5.41) is 4.32. The Morgan fingerprint density at radius 2 is 1.96 bits per heavy atom. The molecule has 8 heteroatoms. The van der Waals surface area contributed by atoms with E-state index in [-0.39, 0.29) is 5.56 Å². The maximum absolute atomic E-state index is 13.0. The molecule has 0 amide bonds. The lowest BCUT2D eigenvalue weighted by Gasteiger charge is -2.09. The van der Waals surface area contributed by atoms with Crippen LogP contribution in [0.15, 0.2) is 40.5 Å². The van der Waals surface area contributed by atoms with E-state index >= 15 is 0 Å². The van der Waals surface area contributed by atoms with E-state index in [1.54, 1.807) is 0 Å². The van der Waals surface area contributed by atoms with Crippen LogP contribution in [0.3, 0.4) is 0 Å². The largest absolute Gasteiger partial charge is 0.417 e. The first-order valence-electron chi connectivity index (χ1n) is 6.97. The zero-order valence-electron chi connectivity index (χ0n) is 12.8. The molecule has 2 aromatic heterocycles. The SMILES string of the molecule is Cc1sc2ncn(N=Cc3ccccc3C(F)(F)F)c(=O)c2c1C. The summed E-state index contributed by atoms with van der Waals surface area (Å²) in [6.07, 6.45) is -2.25. The summed E-state index contributed by atoms with van der Waals surface area (Å²) in [5.41, 5.74) is -0.510. The van der Waals surface area contributed by atoms with Gasteiger partial charge in [-0.05, 0) is 25.5 Å². The molecule has 0 bridgehead atoms. The van der Waals surface area contributed by atoms with Crippen LogP contribution in [0.5, 0.6) is 0 Å². The lowest BCUT2D eigenvalue weighted by molar-refractivity contribution is -0.137. The molecule has 0 aliphatic carbocycles. The molecule has 24 heavy (non-hydrogen) atoms. The van der Waals surface area contributed by atoms with Crippen molar-refractivity contribution in [1.82, 2.24) is 9.66 Å². The van der Waals surface area contributed by atoms with Crippen molar-refractivity contribution < 1.29 is 13.2 Å². The summed E-state index contributed by atoms with van der Waals surface area (Å²) in [4.78, 5) is 18.2. The van der Waals surface area contributed by atoms with Crippen molar-refractivity contribution in [2.24, 2.45) is 5.10 Å². The number of hydrogen-bond donors (Lipinski definition) is 0. The number of alkyl halides is 3. The average Bonchev–Trinajstić information content (AvgIpc) is 2.81. The molecule has 3 rings (SSSR count). The van der Waals surface area contributed by atoms with Crippen LogP contribution in [0, 0.1) is 13.8 Å². The van der Waals surface area contributed by atoms with Gasteiger partial charge >= 0.3 is 6.18 Å². The number of halogens is 3. The van der Waals surface area contributed by atoms with E-state index in [2.05, 4.69) is 10.1 Å². The fraction of sp³-hybridized carbons (Fsp3) is 0.188. The molecule has 2 heterocycles. The van der Waals surface area contributed by atoms with Crippen molar-refractivity contribution in [1.29, 1.82) is 0 Å². The summed E-state index contributed by atoms with van der Waals surface area (Å²) >= 11 is 1.40. The molecule has 3 aromatic rings. The molecular weight excluding hydrogens is 339 g/mol. The summed E-state index contributed by atoms with van der Waals surface area (Å²) in [6.45, 7) is 3.69. The molecule has 0 fully saturated rings. The van der Waals surface area contributed by atoms with Crippen LogP contribution in [0.25, 0.3) is 10.2 Å². The van der Waals surface area contributed by atoms with E-state index in [0.29, 0.717) is 10.2 Å². The molecule has 0 aliphatic heterocycles. The van der Waals surface area contributed by atoms with Gasteiger partial charge in [0.05, 0.1) is 17.2 Å². The van der Waals surface area contributed by atoms with E-state index in [1.807, 2.05) is 13.8 Å². The molecule has 0 atom stereocenters. The molecule has 0 aliphatic rings. The van der Waals surface area contributed by atoms with Crippen LogP contribution in [-0.2, 0) is 6.18 Å². The minimum atomic E-state index is -4.49. The van der Waals surface area contributed by atoms with Crippen molar-refractivity contribution in [3.8, 4) is 0 Å². The zero-order chi connectivity index (χ0) is 17.5. The van der Waals surface area contributed by atoms with Gasteiger partial charge in [-0.3, -0.25) is 4.79 Å². The van der Waals surface area contributed by atoms with Crippen molar-refractivity contribution in [3.05, 3.63) is 62.5 Å². The second kappa shape index (κ2) is 5.86. The van der Waals surface area contributed by atoms with E-state index in [1.165, 1.54) is 35.9 Å². The third-order valence-electron chi connectivity index (χ3n) is 3.66. The van der Waals surface area contributed by atoms with Gasteiger partial charge < -0.3 is 0 Å². The molecule has 0 radical (unpaired) electrons. The fourth-order valence-corrected chi connectivity index (χ4v) is 3.29. The average molecular weight is 351 g/mol.